The predicted octanol–water partition coefficient (Wildman–Crippen LogP) is 2.35. The third-order valence-electron chi connectivity index (χ3n) is 3.02. The van der Waals surface area contributed by atoms with Gasteiger partial charge in [-0.1, -0.05) is 33.1 Å². The molecule has 0 radical (unpaired) electrons. The number of nitrogens with one attached hydrogen (secondary N) is 1. The summed E-state index contributed by atoms with van der Waals surface area (Å²) in [6.07, 6.45) is 5.43. The molecule has 0 heterocycles. The number of hydrogen-bond acceptors (Lipinski definition) is 4. The minimum atomic E-state index is -0.431. The van der Waals surface area contributed by atoms with E-state index in [0.717, 1.165) is 25.9 Å². The van der Waals surface area contributed by atoms with Gasteiger partial charge in [-0.05, 0) is 19.8 Å². The fourth-order valence-corrected chi connectivity index (χ4v) is 1.69. The van der Waals surface area contributed by atoms with Crippen LogP contribution in [0, 0.1) is 0 Å². The number of aliphatic hydroxyl groups excluding tert-OH is 1. The molecule has 2 unspecified atom stereocenters. The van der Waals surface area contributed by atoms with Gasteiger partial charge in [-0.2, -0.15) is 0 Å². The summed E-state index contributed by atoms with van der Waals surface area (Å²) >= 11 is 0. The van der Waals surface area contributed by atoms with Gasteiger partial charge in [-0.3, -0.25) is 0 Å². The Balaban J connectivity index is 3.27. The first kappa shape index (κ1) is 18.8. The molecule has 4 heteroatoms. The van der Waals surface area contributed by atoms with E-state index in [1.165, 1.54) is 12.8 Å². The Bertz CT molecular complexity index is 179. The Kier molecular flexibility index (Phi) is 14.1. The molecule has 0 amide bonds. The molecule has 0 fully saturated rings. The van der Waals surface area contributed by atoms with Crippen molar-refractivity contribution in [2.45, 2.75) is 65.0 Å². The molecule has 0 aliphatic heterocycles. The molecule has 0 rings (SSSR count). The van der Waals surface area contributed by atoms with Crippen molar-refractivity contribution in [1.82, 2.24) is 5.32 Å². The summed E-state index contributed by atoms with van der Waals surface area (Å²) in [5.41, 5.74) is 0. The fraction of sp³-hybridized carbons (Fsp3) is 1.00. The minimum Gasteiger partial charge on any atom is -0.389 e. The highest BCUT2D eigenvalue weighted by Gasteiger charge is 2.06. The summed E-state index contributed by atoms with van der Waals surface area (Å²) in [5, 5.41) is 13.1. The molecule has 0 aromatic carbocycles. The molecule has 0 aromatic rings. The van der Waals surface area contributed by atoms with Gasteiger partial charge in [-0.15, -0.1) is 0 Å². The van der Waals surface area contributed by atoms with Crippen molar-refractivity contribution in [3.05, 3.63) is 0 Å². The second-order valence-electron chi connectivity index (χ2n) is 5.15. The van der Waals surface area contributed by atoms with Crippen LogP contribution in [0.25, 0.3) is 0 Å². The number of hydrogen-bond donors (Lipinski definition) is 2. The van der Waals surface area contributed by atoms with Crippen molar-refractivity contribution in [2.24, 2.45) is 0 Å². The zero-order valence-electron chi connectivity index (χ0n) is 13.0. The first-order valence-electron chi connectivity index (χ1n) is 7.77. The second-order valence-corrected chi connectivity index (χ2v) is 5.15. The van der Waals surface area contributed by atoms with Crippen LogP contribution in [0.15, 0.2) is 0 Å². The van der Waals surface area contributed by atoms with Crippen LogP contribution in [-0.2, 0) is 9.47 Å². The maximum atomic E-state index is 9.74. The van der Waals surface area contributed by atoms with E-state index in [4.69, 9.17) is 9.47 Å². The van der Waals surface area contributed by atoms with Gasteiger partial charge in [0.15, 0.2) is 0 Å². The third-order valence-corrected chi connectivity index (χ3v) is 3.02. The van der Waals surface area contributed by atoms with Gasteiger partial charge >= 0.3 is 0 Å². The Labute approximate surface area is 118 Å². The Morgan fingerprint density at radius 2 is 1.68 bits per heavy atom. The molecule has 2 N–H and O–H groups in total. The highest BCUT2D eigenvalue weighted by Crippen LogP contribution is 1.99. The molecule has 2 atom stereocenters. The lowest BCUT2D eigenvalue weighted by atomic mass is 10.1. The van der Waals surface area contributed by atoms with Gasteiger partial charge < -0.3 is 19.9 Å². The molecule has 4 nitrogen and oxygen atoms in total. The van der Waals surface area contributed by atoms with Crippen LogP contribution in [0.3, 0.4) is 0 Å². The van der Waals surface area contributed by atoms with Gasteiger partial charge in [0.05, 0.1) is 25.9 Å². The van der Waals surface area contributed by atoms with Gasteiger partial charge in [0.2, 0.25) is 0 Å². The third kappa shape index (κ3) is 14.1. The monoisotopic (exact) mass is 275 g/mol. The molecule has 0 saturated heterocycles. The van der Waals surface area contributed by atoms with Crippen LogP contribution in [0.5, 0.6) is 0 Å². The van der Waals surface area contributed by atoms with Gasteiger partial charge in [0, 0.05) is 19.2 Å². The van der Waals surface area contributed by atoms with Gasteiger partial charge in [0.25, 0.3) is 0 Å². The standard InChI is InChI=1S/C15H33NO3/c1-4-6-8-14(3)16-12-15(17)13-19-11-10-18-9-7-5-2/h14-17H,4-13H2,1-3H3. The largest absolute Gasteiger partial charge is 0.389 e. The van der Waals surface area contributed by atoms with E-state index in [2.05, 4.69) is 26.1 Å². The summed E-state index contributed by atoms with van der Waals surface area (Å²) in [6.45, 7) is 9.46. The van der Waals surface area contributed by atoms with E-state index in [0.29, 0.717) is 32.4 Å². The van der Waals surface area contributed by atoms with Crippen LogP contribution in [0.4, 0.5) is 0 Å². The Morgan fingerprint density at radius 1 is 1.00 bits per heavy atom. The van der Waals surface area contributed by atoms with Crippen molar-refractivity contribution < 1.29 is 14.6 Å². The number of ether oxygens (including phenoxy) is 2. The molecule has 0 saturated carbocycles. The van der Waals surface area contributed by atoms with E-state index in [9.17, 15) is 5.11 Å². The molecule has 0 bridgehead atoms. The van der Waals surface area contributed by atoms with Crippen molar-refractivity contribution in [3.63, 3.8) is 0 Å². The highest BCUT2D eigenvalue weighted by molar-refractivity contribution is 4.64. The van der Waals surface area contributed by atoms with E-state index in [1.54, 1.807) is 0 Å². The molecule has 0 spiro atoms. The zero-order valence-corrected chi connectivity index (χ0v) is 13.0. The van der Waals surface area contributed by atoms with Crippen LogP contribution in [0.2, 0.25) is 0 Å². The minimum absolute atomic E-state index is 0.380. The van der Waals surface area contributed by atoms with E-state index >= 15 is 0 Å². The second kappa shape index (κ2) is 14.3. The average molecular weight is 275 g/mol. The number of rotatable bonds is 14. The Hall–Kier alpha value is -0.160. The van der Waals surface area contributed by atoms with E-state index in [-0.39, 0.29) is 0 Å². The van der Waals surface area contributed by atoms with Crippen molar-refractivity contribution in [2.75, 3.05) is 33.0 Å². The maximum Gasteiger partial charge on any atom is 0.0897 e. The summed E-state index contributed by atoms with van der Waals surface area (Å²) in [4.78, 5) is 0. The first-order valence-corrected chi connectivity index (χ1v) is 7.77. The highest BCUT2D eigenvalue weighted by atomic mass is 16.5. The van der Waals surface area contributed by atoms with E-state index < -0.39 is 6.10 Å². The van der Waals surface area contributed by atoms with Gasteiger partial charge in [-0.25, -0.2) is 0 Å². The topological polar surface area (TPSA) is 50.7 Å². The van der Waals surface area contributed by atoms with Gasteiger partial charge in [0.1, 0.15) is 0 Å². The summed E-state index contributed by atoms with van der Waals surface area (Å²) in [7, 11) is 0. The lowest BCUT2D eigenvalue weighted by Gasteiger charge is -2.17. The lowest BCUT2D eigenvalue weighted by molar-refractivity contribution is 0.00326. The molecule has 0 aliphatic carbocycles. The smallest absolute Gasteiger partial charge is 0.0897 e. The molecular weight excluding hydrogens is 242 g/mol. The SMILES string of the molecule is CCCCOCCOCC(O)CNC(C)CCCC. The Morgan fingerprint density at radius 3 is 2.37 bits per heavy atom. The maximum absolute atomic E-state index is 9.74. The number of unbranched alkanes of at least 4 members (excludes halogenated alkanes) is 2. The van der Waals surface area contributed by atoms with Crippen LogP contribution in [0.1, 0.15) is 52.9 Å². The quantitative estimate of drug-likeness (QED) is 0.478. The molecule has 116 valence electrons. The summed E-state index contributed by atoms with van der Waals surface area (Å²) < 4.78 is 10.8. The van der Waals surface area contributed by atoms with Crippen molar-refractivity contribution in [1.29, 1.82) is 0 Å². The van der Waals surface area contributed by atoms with Crippen LogP contribution in [-0.4, -0.2) is 50.2 Å². The van der Waals surface area contributed by atoms with Crippen LogP contribution < -0.4 is 5.32 Å². The molecular formula is C15H33NO3. The summed E-state index contributed by atoms with van der Waals surface area (Å²) in [6, 6.07) is 0.465. The average Bonchev–Trinajstić information content (AvgIpc) is 2.41. The normalized spacial score (nSPS) is 14.5. The van der Waals surface area contributed by atoms with Crippen molar-refractivity contribution in [3.8, 4) is 0 Å². The van der Waals surface area contributed by atoms with E-state index in [1.807, 2.05) is 0 Å². The molecule has 0 aromatic heterocycles. The summed E-state index contributed by atoms with van der Waals surface area (Å²) in [5.74, 6) is 0. The first-order chi connectivity index (χ1) is 9.20. The predicted molar refractivity (Wildman–Crippen MR) is 79.5 cm³/mol. The van der Waals surface area contributed by atoms with Crippen LogP contribution >= 0.6 is 0 Å². The lowest BCUT2D eigenvalue weighted by Crippen LogP contribution is -2.36. The van der Waals surface area contributed by atoms with Crippen molar-refractivity contribution >= 4 is 0 Å². The fourth-order valence-electron chi connectivity index (χ4n) is 1.69. The zero-order chi connectivity index (χ0) is 14.3. The number of aliphatic hydroxyl groups is 1. The molecule has 19 heavy (non-hydrogen) atoms. The molecule has 0 aliphatic rings.